The molecule has 0 fully saturated rings. The predicted molar refractivity (Wildman–Crippen MR) is 53.4 cm³/mol. The third kappa shape index (κ3) is 3.15. The zero-order valence-electron chi connectivity index (χ0n) is 9.44. The molecule has 0 aliphatic carbocycles. The Morgan fingerprint density at radius 1 is 1.38 bits per heavy atom. The summed E-state index contributed by atoms with van der Waals surface area (Å²) in [6.07, 6.45) is -0.738. The summed E-state index contributed by atoms with van der Waals surface area (Å²) >= 11 is 0. The molecule has 6 heteroatoms. The number of carbonyl (C=O) groups excluding carboxylic acids is 1. The standard InChI is InChI=1S/C10H14O6/c1-4-13-9(11)14-5-6(2)8-7(3)15-10(12)16-8/h6H,4-5H2,1-3H3. The van der Waals surface area contributed by atoms with E-state index in [0.29, 0.717) is 11.5 Å². The Bertz CT molecular complexity index is 402. The SMILES string of the molecule is CCOC(=O)OCC(C)c1oc(=O)oc1C. The molecular weight excluding hydrogens is 216 g/mol. The van der Waals surface area contributed by atoms with E-state index in [-0.39, 0.29) is 19.1 Å². The zero-order chi connectivity index (χ0) is 12.1. The van der Waals surface area contributed by atoms with Gasteiger partial charge in [0.05, 0.1) is 12.5 Å². The second-order valence-corrected chi connectivity index (χ2v) is 3.27. The van der Waals surface area contributed by atoms with E-state index in [1.807, 2.05) is 0 Å². The van der Waals surface area contributed by atoms with Gasteiger partial charge in [0.25, 0.3) is 0 Å². The molecule has 90 valence electrons. The number of hydrogen-bond donors (Lipinski definition) is 0. The maximum absolute atomic E-state index is 10.9. The van der Waals surface area contributed by atoms with E-state index in [4.69, 9.17) is 13.6 Å². The molecule has 1 unspecified atom stereocenters. The summed E-state index contributed by atoms with van der Waals surface area (Å²) in [7, 11) is 0. The van der Waals surface area contributed by atoms with Crippen molar-refractivity contribution >= 4 is 6.16 Å². The summed E-state index contributed by atoms with van der Waals surface area (Å²) in [5, 5.41) is 0. The normalized spacial score (nSPS) is 12.2. The van der Waals surface area contributed by atoms with Crippen LogP contribution in [0.5, 0.6) is 0 Å². The molecule has 0 amide bonds. The minimum absolute atomic E-state index is 0.0716. The van der Waals surface area contributed by atoms with Crippen molar-refractivity contribution in [2.45, 2.75) is 26.7 Å². The summed E-state index contributed by atoms with van der Waals surface area (Å²) in [5.74, 6) is -0.231. The van der Waals surface area contributed by atoms with E-state index < -0.39 is 12.0 Å². The fourth-order valence-electron chi connectivity index (χ4n) is 1.23. The quantitative estimate of drug-likeness (QED) is 0.734. The fourth-order valence-corrected chi connectivity index (χ4v) is 1.23. The van der Waals surface area contributed by atoms with E-state index >= 15 is 0 Å². The maximum Gasteiger partial charge on any atom is 0.519 e. The van der Waals surface area contributed by atoms with Crippen LogP contribution in [0.3, 0.4) is 0 Å². The smallest absolute Gasteiger partial charge is 0.435 e. The largest absolute Gasteiger partial charge is 0.519 e. The molecule has 0 aliphatic rings. The average molecular weight is 230 g/mol. The van der Waals surface area contributed by atoms with Gasteiger partial charge < -0.3 is 18.3 Å². The van der Waals surface area contributed by atoms with Crippen molar-refractivity contribution in [1.29, 1.82) is 0 Å². The molecular formula is C10H14O6. The minimum Gasteiger partial charge on any atom is -0.435 e. The summed E-state index contributed by atoms with van der Waals surface area (Å²) in [4.78, 5) is 21.7. The predicted octanol–water partition coefficient (Wildman–Crippen LogP) is 1.82. The molecule has 1 atom stereocenters. The first kappa shape index (κ1) is 12.4. The molecule has 1 rings (SSSR count). The summed E-state index contributed by atoms with van der Waals surface area (Å²) < 4.78 is 18.9. The van der Waals surface area contributed by atoms with E-state index in [2.05, 4.69) is 4.74 Å². The third-order valence-corrected chi connectivity index (χ3v) is 1.94. The van der Waals surface area contributed by atoms with Crippen LogP contribution in [-0.2, 0) is 9.47 Å². The van der Waals surface area contributed by atoms with Crippen molar-refractivity contribution < 1.29 is 23.1 Å². The van der Waals surface area contributed by atoms with Crippen molar-refractivity contribution in [2.75, 3.05) is 13.2 Å². The Labute approximate surface area is 92.1 Å². The molecule has 1 aromatic heterocycles. The van der Waals surface area contributed by atoms with Crippen molar-refractivity contribution in [3.63, 3.8) is 0 Å². The first-order valence-corrected chi connectivity index (χ1v) is 4.94. The van der Waals surface area contributed by atoms with Gasteiger partial charge in [-0.2, -0.15) is 0 Å². The molecule has 0 aliphatic heterocycles. The van der Waals surface area contributed by atoms with Gasteiger partial charge in [-0.1, -0.05) is 6.92 Å². The van der Waals surface area contributed by atoms with Gasteiger partial charge >= 0.3 is 12.0 Å². The summed E-state index contributed by atoms with van der Waals surface area (Å²) in [5.41, 5.74) is 0. The molecule has 0 bridgehead atoms. The van der Waals surface area contributed by atoms with Crippen LogP contribution in [0.25, 0.3) is 0 Å². The molecule has 0 radical (unpaired) electrons. The number of ether oxygens (including phenoxy) is 2. The van der Waals surface area contributed by atoms with Gasteiger partial charge in [-0.05, 0) is 13.8 Å². The molecule has 0 N–H and O–H groups in total. The van der Waals surface area contributed by atoms with Crippen LogP contribution in [-0.4, -0.2) is 19.4 Å². The highest BCUT2D eigenvalue weighted by Crippen LogP contribution is 2.18. The topological polar surface area (TPSA) is 78.9 Å². The first-order chi connectivity index (χ1) is 7.54. The lowest BCUT2D eigenvalue weighted by Gasteiger charge is -2.08. The van der Waals surface area contributed by atoms with Crippen LogP contribution in [0.2, 0.25) is 0 Å². The van der Waals surface area contributed by atoms with E-state index in [1.54, 1.807) is 20.8 Å². The Balaban J connectivity index is 2.53. The van der Waals surface area contributed by atoms with Crippen molar-refractivity contribution in [1.82, 2.24) is 0 Å². The lowest BCUT2D eigenvalue weighted by Crippen LogP contribution is -2.12. The van der Waals surface area contributed by atoms with E-state index in [9.17, 15) is 9.59 Å². The van der Waals surface area contributed by atoms with E-state index in [0.717, 1.165) is 0 Å². The van der Waals surface area contributed by atoms with Crippen molar-refractivity contribution in [3.05, 3.63) is 22.1 Å². The number of rotatable bonds is 4. The second kappa shape index (κ2) is 5.39. The highest BCUT2D eigenvalue weighted by Gasteiger charge is 2.18. The van der Waals surface area contributed by atoms with Gasteiger partial charge in [0.2, 0.25) is 0 Å². The van der Waals surface area contributed by atoms with Gasteiger partial charge in [0.15, 0.2) is 5.76 Å². The monoisotopic (exact) mass is 230 g/mol. The van der Waals surface area contributed by atoms with Gasteiger partial charge in [-0.3, -0.25) is 0 Å². The zero-order valence-corrected chi connectivity index (χ0v) is 9.44. The molecule has 1 heterocycles. The third-order valence-electron chi connectivity index (χ3n) is 1.94. The van der Waals surface area contributed by atoms with Gasteiger partial charge in [0, 0.05) is 0 Å². The highest BCUT2D eigenvalue weighted by atomic mass is 16.7. The van der Waals surface area contributed by atoms with Crippen LogP contribution in [0.4, 0.5) is 4.79 Å². The Morgan fingerprint density at radius 3 is 2.56 bits per heavy atom. The van der Waals surface area contributed by atoms with Crippen molar-refractivity contribution in [3.8, 4) is 0 Å². The number of carbonyl (C=O) groups is 1. The van der Waals surface area contributed by atoms with Crippen LogP contribution in [0.1, 0.15) is 31.3 Å². The summed E-state index contributed by atoms with van der Waals surface area (Å²) in [6, 6.07) is 0. The highest BCUT2D eigenvalue weighted by molar-refractivity contribution is 5.59. The molecule has 1 aromatic rings. The lowest BCUT2D eigenvalue weighted by atomic mass is 10.1. The van der Waals surface area contributed by atoms with Crippen LogP contribution in [0, 0.1) is 6.92 Å². The first-order valence-electron chi connectivity index (χ1n) is 4.94. The Hall–Kier alpha value is -1.72. The molecule has 6 nitrogen and oxygen atoms in total. The van der Waals surface area contributed by atoms with Gasteiger partial charge in [-0.25, -0.2) is 9.59 Å². The van der Waals surface area contributed by atoms with Crippen molar-refractivity contribution in [2.24, 2.45) is 0 Å². The minimum atomic E-state index is -0.754. The van der Waals surface area contributed by atoms with Gasteiger partial charge in [-0.15, -0.1) is 0 Å². The second-order valence-electron chi connectivity index (χ2n) is 3.27. The number of hydrogen-bond acceptors (Lipinski definition) is 6. The Morgan fingerprint density at radius 2 is 2.06 bits per heavy atom. The molecule has 0 spiro atoms. The average Bonchev–Trinajstić information content (AvgIpc) is 2.55. The molecule has 0 saturated carbocycles. The molecule has 16 heavy (non-hydrogen) atoms. The van der Waals surface area contributed by atoms with Crippen LogP contribution in [0.15, 0.2) is 13.6 Å². The fraction of sp³-hybridized carbons (Fsp3) is 0.600. The van der Waals surface area contributed by atoms with Gasteiger partial charge in [0.1, 0.15) is 12.4 Å². The van der Waals surface area contributed by atoms with Crippen LogP contribution >= 0.6 is 0 Å². The molecule has 0 aromatic carbocycles. The van der Waals surface area contributed by atoms with Crippen LogP contribution < -0.4 is 5.82 Å². The molecule has 0 saturated heterocycles. The maximum atomic E-state index is 10.9. The van der Waals surface area contributed by atoms with E-state index in [1.165, 1.54) is 0 Å². The lowest BCUT2D eigenvalue weighted by molar-refractivity contribution is 0.0542. The Kier molecular flexibility index (Phi) is 4.16. The number of aryl methyl sites for hydroxylation is 1. The summed E-state index contributed by atoms with van der Waals surface area (Å²) in [6.45, 7) is 5.38.